The largest absolute Gasteiger partial charge is 0.542 e. The van der Waals surface area contributed by atoms with Gasteiger partial charge in [0, 0.05) is 6.32 Å². The van der Waals surface area contributed by atoms with Gasteiger partial charge in [-0.1, -0.05) is 12.1 Å². The van der Waals surface area contributed by atoms with Crippen LogP contribution in [0, 0.1) is 5.82 Å². The van der Waals surface area contributed by atoms with Gasteiger partial charge in [0.15, 0.2) is 0 Å². The molecule has 0 aliphatic carbocycles. The molecule has 0 aliphatic rings. The molecule has 0 fully saturated rings. The second-order valence-electron chi connectivity index (χ2n) is 2.22. The van der Waals surface area contributed by atoms with E-state index in [2.05, 4.69) is 0 Å². The van der Waals surface area contributed by atoms with Crippen LogP contribution in [0.2, 0.25) is 0 Å². The molecule has 1 aromatic rings. The smallest absolute Gasteiger partial charge is 0.287 e. The Balaban J connectivity index is 2.66. The van der Waals surface area contributed by atoms with Gasteiger partial charge in [0.05, 0.1) is 0 Å². The summed E-state index contributed by atoms with van der Waals surface area (Å²) >= 11 is 0. The Kier molecular flexibility index (Phi) is 2.57. The second kappa shape index (κ2) is 3.46. The fourth-order valence-electron chi connectivity index (χ4n) is 0.799. The van der Waals surface area contributed by atoms with Crippen molar-refractivity contribution >= 4 is 7.27 Å². The highest BCUT2D eigenvalue weighted by atomic mass is 19.2. The first kappa shape index (κ1) is 8.17. The van der Waals surface area contributed by atoms with E-state index in [1.807, 2.05) is 0 Å². The molecule has 4 heteroatoms. The van der Waals surface area contributed by atoms with Crippen LogP contribution >= 0.6 is 0 Å². The molecule has 11 heavy (non-hydrogen) atoms. The van der Waals surface area contributed by atoms with E-state index in [4.69, 9.17) is 0 Å². The van der Waals surface area contributed by atoms with Gasteiger partial charge in [-0.2, -0.15) is 0 Å². The molecule has 0 N–H and O–H groups in total. The first-order valence-corrected chi connectivity index (χ1v) is 3.21. The Morgan fingerprint density at radius 2 is 1.64 bits per heavy atom. The second-order valence-corrected chi connectivity index (χ2v) is 2.22. The molecule has 0 atom stereocenters. The van der Waals surface area contributed by atoms with E-state index in [0.717, 1.165) is 0 Å². The molecule has 0 aromatic heterocycles. The first-order valence-electron chi connectivity index (χ1n) is 3.21. The minimum absolute atomic E-state index is 0.305. The van der Waals surface area contributed by atoms with Gasteiger partial charge in [0.1, 0.15) is 5.82 Å². The van der Waals surface area contributed by atoms with Crippen LogP contribution in [0.1, 0.15) is 5.56 Å². The fourth-order valence-corrected chi connectivity index (χ4v) is 0.799. The zero-order valence-electron chi connectivity index (χ0n) is 5.73. The normalized spacial score (nSPS) is 9.73. The van der Waals surface area contributed by atoms with E-state index in [1.165, 1.54) is 24.3 Å². The molecule has 0 unspecified atom stereocenters. The first-order chi connectivity index (χ1) is 5.18. The van der Waals surface area contributed by atoms with E-state index in [1.54, 1.807) is 0 Å². The molecule has 1 rings (SSSR count). The Labute approximate surface area is 63.2 Å². The molecular weight excluding hydrogens is 152 g/mol. The highest BCUT2D eigenvalue weighted by Crippen LogP contribution is 2.05. The molecule has 0 bridgehead atoms. The standard InChI is InChI=1S/C7H6BF3/c9-7-3-1-6(2-4-7)5-8(10)11/h1-4H,5H2. The molecule has 0 aliphatic heterocycles. The van der Waals surface area contributed by atoms with E-state index >= 15 is 0 Å². The lowest BCUT2D eigenvalue weighted by Gasteiger charge is -1.95. The average molecular weight is 158 g/mol. The summed E-state index contributed by atoms with van der Waals surface area (Å²) in [6, 6.07) is 5.08. The maximum atomic E-state index is 12.2. The summed E-state index contributed by atoms with van der Waals surface area (Å²) < 4.78 is 35.7. The third-order valence-electron chi connectivity index (χ3n) is 1.30. The molecule has 0 amide bonds. The summed E-state index contributed by atoms with van der Waals surface area (Å²) in [5.74, 6) is -0.400. The van der Waals surface area contributed by atoms with Gasteiger partial charge in [-0.05, 0) is 17.7 Å². The third-order valence-corrected chi connectivity index (χ3v) is 1.30. The zero-order chi connectivity index (χ0) is 8.27. The molecule has 0 saturated carbocycles. The highest BCUT2D eigenvalue weighted by molar-refractivity contribution is 6.42. The highest BCUT2D eigenvalue weighted by Gasteiger charge is 2.12. The summed E-state index contributed by atoms with van der Waals surface area (Å²) in [6.45, 7) is 0. The SMILES string of the molecule is FB(F)Cc1ccc(F)cc1. The van der Waals surface area contributed by atoms with E-state index in [9.17, 15) is 13.0 Å². The van der Waals surface area contributed by atoms with Crippen LogP contribution in [0.15, 0.2) is 24.3 Å². The van der Waals surface area contributed by atoms with E-state index in [0.29, 0.717) is 5.56 Å². The third kappa shape index (κ3) is 2.66. The van der Waals surface area contributed by atoms with Gasteiger partial charge in [0.25, 0.3) is 0 Å². The van der Waals surface area contributed by atoms with Crippen LogP contribution in [0.3, 0.4) is 0 Å². The molecule has 0 spiro atoms. The fraction of sp³-hybridized carbons (Fsp3) is 0.143. The lowest BCUT2D eigenvalue weighted by Crippen LogP contribution is -2.02. The van der Waals surface area contributed by atoms with Crippen LogP contribution in [0.4, 0.5) is 13.0 Å². The topological polar surface area (TPSA) is 0 Å². The molecule has 58 valence electrons. The van der Waals surface area contributed by atoms with Gasteiger partial charge < -0.3 is 0 Å². The number of benzene rings is 1. The quantitative estimate of drug-likeness (QED) is 0.579. The molecule has 0 nitrogen and oxygen atoms in total. The molecule has 0 saturated heterocycles. The van der Waals surface area contributed by atoms with Gasteiger partial charge in [0.2, 0.25) is 0 Å². The van der Waals surface area contributed by atoms with Crippen molar-refractivity contribution in [3.8, 4) is 0 Å². The maximum Gasteiger partial charge on any atom is 0.542 e. The van der Waals surface area contributed by atoms with Crippen molar-refractivity contribution in [2.45, 2.75) is 6.32 Å². The minimum atomic E-state index is -2.36. The van der Waals surface area contributed by atoms with Crippen LogP contribution in [-0.4, -0.2) is 7.27 Å². The molecule has 0 heterocycles. The van der Waals surface area contributed by atoms with Crippen molar-refractivity contribution in [2.75, 3.05) is 0 Å². The van der Waals surface area contributed by atoms with Crippen molar-refractivity contribution in [3.63, 3.8) is 0 Å². The minimum Gasteiger partial charge on any atom is -0.287 e. The van der Waals surface area contributed by atoms with Crippen molar-refractivity contribution < 1.29 is 13.0 Å². The van der Waals surface area contributed by atoms with E-state index < -0.39 is 13.1 Å². The molecule has 0 radical (unpaired) electrons. The summed E-state index contributed by atoms with van der Waals surface area (Å²) in [6.07, 6.45) is -0.305. The number of halogens is 3. The van der Waals surface area contributed by atoms with Gasteiger partial charge >= 0.3 is 7.27 Å². The van der Waals surface area contributed by atoms with Crippen LogP contribution in [0.5, 0.6) is 0 Å². The van der Waals surface area contributed by atoms with E-state index in [-0.39, 0.29) is 6.32 Å². The van der Waals surface area contributed by atoms with Crippen molar-refractivity contribution in [1.29, 1.82) is 0 Å². The van der Waals surface area contributed by atoms with Gasteiger partial charge in [-0.15, -0.1) is 0 Å². The average Bonchev–Trinajstić information content (AvgIpc) is 1.93. The van der Waals surface area contributed by atoms with Crippen LogP contribution < -0.4 is 0 Å². The Morgan fingerprint density at radius 1 is 1.09 bits per heavy atom. The molecule has 1 aromatic carbocycles. The predicted molar refractivity (Wildman–Crippen MR) is 38.1 cm³/mol. The van der Waals surface area contributed by atoms with Crippen LogP contribution in [-0.2, 0) is 6.32 Å². The van der Waals surface area contributed by atoms with Gasteiger partial charge in [-0.25, -0.2) is 4.39 Å². The monoisotopic (exact) mass is 158 g/mol. The maximum absolute atomic E-state index is 12.2. The van der Waals surface area contributed by atoms with Crippen LogP contribution in [0.25, 0.3) is 0 Å². The predicted octanol–water partition coefficient (Wildman–Crippen LogP) is 2.33. The number of hydrogen-bond donors (Lipinski definition) is 0. The summed E-state index contributed by atoms with van der Waals surface area (Å²) in [7, 11) is -2.36. The van der Waals surface area contributed by atoms with Crippen molar-refractivity contribution in [3.05, 3.63) is 35.6 Å². The van der Waals surface area contributed by atoms with Gasteiger partial charge in [-0.3, -0.25) is 8.63 Å². The summed E-state index contributed by atoms with van der Waals surface area (Å²) in [5, 5.41) is 0. The Hall–Kier alpha value is -0.925. The lowest BCUT2D eigenvalue weighted by atomic mass is 9.88. The number of rotatable bonds is 2. The van der Waals surface area contributed by atoms with Crippen molar-refractivity contribution in [1.82, 2.24) is 0 Å². The lowest BCUT2D eigenvalue weighted by molar-refractivity contribution is 0.626. The summed E-state index contributed by atoms with van der Waals surface area (Å²) in [5.41, 5.74) is 0.460. The Bertz CT molecular complexity index is 220. The Morgan fingerprint density at radius 3 is 2.09 bits per heavy atom. The summed E-state index contributed by atoms with van der Waals surface area (Å²) in [4.78, 5) is 0. The van der Waals surface area contributed by atoms with Crippen molar-refractivity contribution in [2.24, 2.45) is 0 Å². The zero-order valence-corrected chi connectivity index (χ0v) is 5.73. The number of hydrogen-bond acceptors (Lipinski definition) is 0. The molecular formula is C7H6BF3.